The first kappa shape index (κ1) is 23.4. The zero-order valence-electron chi connectivity index (χ0n) is 18.8. The molecule has 3 aliphatic rings. The maximum absolute atomic E-state index is 13.8. The molecule has 7 atom stereocenters. The summed E-state index contributed by atoms with van der Waals surface area (Å²) in [4.78, 5) is 41.7. The number of nitrogens with zero attached hydrogens (tertiary/aromatic N) is 1. The fraction of sp³-hybridized carbons (Fsp3) is 0.864. The number of carbonyl (C=O) groups excluding carboxylic acids is 3. The number of amides is 3. The Morgan fingerprint density at radius 2 is 2.00 bits per heavy atom. The predicted octanol–water partition coefficient (Wildman–Crippen LogP) is 1.54. The fourth-order valence-electron chi connectivity index (χ4n) is 5.90. The molecular weight excluding hydrogens is 402 g/mol. The quantitative estimate of drug-likeness (QED) is 0.506. The summed E-state index contributed by atoms with van der Waals surface area (Å²) >= 11 is 1.67. The highest BCUT2D eigenvalue weighted by Gasteiger charge is 2.74. The molecule has 0 aliphatic carbocycles. The van der Waals surface area contributed by atoms with E-state index in [9.17, 15) is 19.5 Å². The zero-order valence-corrected chi connectivity index (χ0v) is 19.6. The van der Waals surface area contributed by atoms with E-state index in [-0.39, 0.29) is 41.5 Å². The predicted molar refractivity (Wildman–Crippen MR) is 118 cm³/mol. The van der Waals surface area contributed by atoms with Crippen LogP contribution in [0.4, 0.5) is 0 Å². The van der Waals surface area contributed by atoms with Crippen LogP contribution in [0.5, 0.6) is 0 Å². The molecule has 0 saturated carbocycles. The molecule has 3 rings (SSSR count). The SMILES string of the molecule is CCCC(C)NC(=O)C1N([C@@H](CO)CC(C)C)C(=O)[C@@H]2[C@@H](C(=O)NC)[C@H]3CCC12S3. The lowest BCUT2D eigenvalue weighted by Crippen LogP contribution is -2.57. The Hall–Kier alpha value is -1.28. The van der Waals surface area contributed by atoms with Crippen molar-refractivity contribution in [2.24, 2.45) is 17.8 Å². The average Bonchev–Trinajstić information content (AvgIpc) is 3.32. The number of thioether (sulfide) groups is 1. The highest BCUT2D eigenvalue weighted by Crippen LogP contribution is 2.66. The van der Waals surface area contributed by atoms with Gasteiger partial charge in [0.25, 0.3) is 0 Å². The molecule has 3 unspecified atom stereocenters. The summed E-state index contributed by atoms with van der Waals surface area (Å²) in [5.41, 5.74) is 0. The highest BCUT2D eigenvalue weighted by molar-refractivity contribution is 8.02. The van der Waals surface area contributed by atoms with Gasteiger partial charge in [0.1, 0.15) is 6.04 Å². The Kier molecular flexibility index (Phi) is 7.07. The normalized spacial score (nSPS) is 34.2. The molecule has 2 bridgehead atoms. The molecule has 3 amide bonds. The minimum Gasteiger partial charge on any atom is -0.394 e. The lowest BCUT2D eigenvalue weighted by Gasteiger charge is -2.38. The first-order valence-corrected chi connectivity index (χ1v) is 12.2. The van der Waals surface area contributed by atoms with Crippen LogP contribution < -0.4 is 10.6 Å². The Labute approximate surface area is 184 Å². The first-order valence-electron chi connectivity index (χ1n) is 11.3. The molecule has 3 aliphatic heterocycles. The number of rotatable bonds is 9. The van der Waals surface area contributed by atoms with Gasteiger partial charge in [-0.15, -0.1) is 11.8 Å². The van der Waals surface area contributed by atoms with Crippen molar-refractivity contribution in [3.05, 3.63) is 0 Å². The molecular formula is C22H37N3O4S. The molecule has 1 spiro atoms. The second kappa shape index (κ2) is 9.07. The van der Waals surface area contributed by atoms with Crippen LogP contribution in [0.2, 0.25) is 0 Å². The highest BCUT2D eigenvalue weighted by atomic mass is 32.2. The van der Waals surface area contributed by atoms with E-state index in [1.807, 2.05) is 6.92 Å². The molecule has 3 N–H and O–H groups in total. The van der Waals surface area contributed by atoms with Gasteiger partial charge in [0.05, 0.1) is 29.2 Å². The molecule has 8 heteroatoms. The lowest BCUT2D eigenvalue weighted by molar-refractivity contribution is -0.143. The number of aliphatic hydroxyl groups is 1. The second-order valence-corrected chi connectivity index (χ2v) is 11.2. The Morgan fingerprint density at radius 1 is 1.30 bits per heavy atom. The number of nitrogens with one attached hydrogen (secondary N) is 2. The lowest BCUT2D eigenvalue weighted by atomic mass is 9.70. The summed E-state index contributed by atoms with van der Waals surface area (Å²) in [6.07, 6.45) is 4.04. The van der Waals surface area contributed by atoms with Gasteiger partial charge in [0.15, 0.2) is 0 Å². The van der Waals surface area contributed by atoms with Crippen LogP contribution in [0, 0.1) is 17.8 Å². The van der Waals surface area contributed by atoms with E-state index in [1.165, 1.54) is 0 Å². The van der Waals surface area contributed by atoms with Crippen LogP contribution in [0.25, 0.3) is 0 Å². The Morgan fingerprint density at radius 3 is 2.57 bits per heavy atom. The smallest absolute Gasteiger partial charge is 0.244 e. The van der Waals surface area contributed by atoms with Crippen LogP contribution in [-0.2, 0) is 14.4 Å². The number of aliphatic hydroxyl groups excluding tert-OH is 1. The molecule has 0 aromatic rings. The molecule has 7 nitrogen and oxygen atoms in total. The molecule has 30 heavy (non-hydrogen) atoms. The van der Waals surface area contributed by atoms with Crippen LogP contribution in [0.3, 0.4) is 0 Å². The fourth-order valence-corrected chi connectivity index (χ4v) is 8.10. The zero-order chi connectivity index (χ0) is 22.2. The van der Waals surface area contributed by atoms with E-state index in [2.05, 4.69) is 31.4 Å². The van der Waals surface area contributed by atoms with Gasteiger partial charge < -0.3 is 20.6 Å². The van der Waals surface area contributed by atoms with Crippen LogP contribution in [0.1, 0.15) is 59.8 Å². The summed E-state index contributed by atoms with van der Waals surface area (Å²) in [5, 5.41) is 16.1. The third-order valence-corrected chi connectivity index (χ3v) is 8.95. The van der Waals surface area contributed by atoms with E-state index < -0.39 is 28.7 Å². The van der Waals surface area contributed by atoms with E-state index in [0.29, 0.717) is 6.42 Å². The number of carbonyl (C=O) groups is 3. The third-order valence-electron chi connectivity index (χ3n) is 6.99. The van der Waals surface area contributed by atoms with Crippen molar-refractivity contribution in [1.29, 1.82) is 0 Å². The number of likely N-dealkylation sites (tertiary alicyclic amines) is 1. The average molecular weight is 440 g/mol. The van der Waals surface area contributed by atoms with Gasteiger partial charge in [0, 0.05) is 18.3 Å². The van der Waals surface area contributed by atoms with Gasteiger partial charge in [-0.2, -0.15) is 0 Å². The minimum atomic E-state index is -0.644. The molecule has 0 aromatic carbocycles. The third kappa shape index (κ3) is 3.74. The van der Waals surface area contributed by atoms with Gasteiger partial charge in [0.2, 0.25) is 17.7 Å². The first-order chi connectivity index (χ1) is 14.2. The molecule has 3 fully saturated rings. The van der Waals surface area contributed by atoms with Gasteiger partial charge in [-0.1, -0.05) is 27.2 Å². The molecule has 0 radical (unpaired) electrons. The summed E-state index contributed by atoms with van der Waals surface area (Å²) in [5.74, 6) is -1.03. The summed E-state index contributed by atoms with van der Waals surface area (Å²) in [7, 11) is 1.61. The van der Waals surface area contributed by atoms with Crippen LogP contribution in [-0.4, -0.2) is 69.5 Å². The van der Waals surface area contributed by atoms with Crippen LogP contribution >= 0.6 is 11.8 Å². The summed E-state index contributed by atoms with van der Waals surface area (Å²) in [6.45, 7) is 7.99. The molecule has 0 aromatic heterocycles. The molecule has 3 heterocycles. The monoisotopic (exact) mass is 439 g/mol. The Balaban J connectivity index is 2.01. The maximum atomic E-state index is 13.8. The van der Waals surface area contributed by atoms with E-state index in [4.69, 9.17) is 0 Å². The van der Waals surface area contributed by atoms with Gasteiger partial charge in [-0.25, -0.2) is 0 Å². The van der Waals surface area contributed by atoms with Crippen molar-refractivity contribution >= 4 is 29.5 Å². The summed E-state index contributed by atoms with van der Waals surface area (Å²) < 4.78 is -0.584. The standard InChI is InChI=1S/C22H37N3O4S/c1-6-7-13(4)24-20(28)18-22-9-8-15(30-22)16(19(27)23-5)17(22)21(29)25(18)14(11-26)10-12(2)3/h12-18,26H,6-11H2,1-5H3,(H,23,27)(H,24,28)/t13?,14-,15-,16+,17+,18?,22?/m1/s1. The van der Waals surface area contributed by atoms with Gasteiger partial charge >= 0.3 is 0 Å². The van der Waals surface area contributed by atoms with Crippen molar-refractivity contribution in [3.8, 4) is 0 Å². The number of hydrogen-bond donors (Lipinski definition) is 3. The van der Waals surface area contributed by atoms with Crippen molar-refractivity contribution in [2.45, 2.75) is 87.9 Å². The molecule has 3 saturated heterocycles. The van der Waals surface area contributed by atoms with Crippen LogP contribution in [0.15, 0.2) is 0 Å². The maximum Gasteiger partial charge on any atom is 0.244 e. The van der Waals surface area contributed by atoms with Gasteiger partial charge in [-0.05, 0) is 38.5 Å². The van der Waals surface area contributed by atoms with E-state index in [1.54, 1.807) is 23.7 Å². The van der Waals surface area contributed by atoms with E-state index >= 15 is 0 Å². The summed E-state index contributed by atoms with van der Waals surface area (Å²) in [6, 6.07) is -1.04. The molecule has 170 valence electrons. The number of fused-ring (bicyclic) bond motifs is 1. The largest absolute Gasteiger partial charge is 0.394 e. The Bertz CT molecular complexity index is 687. The number of hydrogen-bond acceptors (Lipinski definition) is 5. The minimum absolute atomic E-state index is 0.0194. The van der Waals surface area contributed by atoms with Crippen molar-refractivity contribution in [1.82, 2.24) is 15.5 Å². The van der Waals surface area contributed by atoms with Gasteiger partial charge in [-0.3, -0.25) is 14.4 Å². The van der Waals surface area contributed by atoms with Crippen molar-refractivity contribution < 1.29 is 19.5 Å². The second-order valence-electron chi connectivity index (χ2n) is 9.58. The van der Waals surface area contributed by atoms with E-state index in [0.717, 1.165) is 25.7 Å². The topological polar surface area (TPSA) is 98.7 Å². The van der Waals surface area contributed by atoms with Crippen molar-refractivity contribution in [2.75, 3.05) is 13.7 Å². The van der Waals surface area contributed by atoms with Crippen molar-refractivity contribution in [3.63, 3.8) is 0 Å².